The zero-order valence-electron chi connectivity index (χ0n) is 11.8. The summed E-state index contributed by atoms with van der Waals surface area (Å²) in [6.45, 7) is 0. The van der Waals surface area contributed by atoms with Gasteiger partial charge >= 0.3 is 6.18 Å². The van der Waals surface area contributed by atoms with Crippen molar-refractivity contribution in [2.24, 2.45) is 0 Å². The first-order chi connectivity index (χ1) is 10.4. The first kappa shape index (κ1) is 16.4. The van der Waals surface area contributed by atoms with Gasteiger partial charge in [-0.15, -0.1) is 11.8 Å². The van der Waals surface area contributed by atoms with Gasteiger partial charge in [0.2, 0.25) is 5.91 Å². The topological polar surface area (TPSA) is 29.1 Å². The van der Waals surface area contributed by atoms with E-state index in [0.29, 0.717) is 11.3 Å². The molecule has 6 heteroatoms. The monoisotopic (exact) mass is 325 g/mol. The van der Waals surface area contributed by atoms with Gasteiger partial charge in [0, 0.05) is 10.6 Å². The molecule has 0 bridgehead atoms. The molecule has 0 saturated heterocycles. The number of benzene rings is 2. The Bertz CT molecular complexity index is 653. The van der Waals surface area contributed by atoms with Crippen molar-refractivity contribution in [3.8, 4) is 0 Å². The molecule has 0 saturated carbocycles. The minimum absolute atomic E-state index is 0.103. The summed E-state index contributed by atoms with van der Waals surface area (Å²) in [6.07, 6.45) is -2.56. The molecular weight excluding hydrogens is 311 g/mol. The van der Waals surface area contributed by atoms with Crippen molar-refractivity contribution >= 4 is 23.4 Å². The van der Waals surface area contributed by atoms with E-state index in [2.05, 4.69) is 5.32 Å². The van der Waals surface area contributed by atoms with E-state index < -0.39 is 11.7 Å². The maximum Gasteiger partial charge on any atom is 0.416 e. The lowest BCUT2D eigenvalue weighted by molar-refractivity contribution is -0.137. The Balaban J connectivity index is 2.02. The zero-order chi connectivity index (χ0) is 16.2. The number of hydrogen-bond acceptors (Lipinski definition) is 2. The number of carbonyl (C=O) groups excluding carboxylic acids is 1. The first-order valence-corrected chi connectivity index (χ1v) is 7.71. The van der Waals surface area contributed by atoms with Crippen molar-refractivity contribution in [1.29, 1.82) is 0 Å². The molecule has 0 unspecified atom stereocenters. The Hall–Kier alpha value is -1.95. The molecule has 2 aromatic rings. The summed E-state index contributed by atoms with van der Waals surface area (Å²) in [4.78, 5) is 13.0. The second-order valence-electron chi connectivity index (χ2n) is 4.65. The molecule has 0 radical (unpaired) electrons. The second kappa shape index (κ2) is 6.87. The van der Waals surface area contributed by atoms with E-state index in [9.17, 15) is 18.0 Å². The predicted octanol–water partition coefficient (Wildman–Crippen LogP) is 4.61. The number of thioether (sulfide) groups is 1. The summed E-state index contributed by atoms with van der Waals surface area (Å²) in [6, 6.07) is 12.0. The lowest BCUT2D eigenvalue weighted by Crippen LogP contribution is -2.15. The predicted molar refractivity (Wildman–Crippen MR) is 82.0 cm³/mol. The fourth-order valence-corrected chi connectivity index (χ4v) is 2.33. The number of alkyl halides is 3. The summed E-state index contributed by atoms with van der Waals surface area (Å²) < 4.78 is 37.9. The summed E-state index contributed by atoms with van der Waals surface area (Å²) in [5.74, 6) is -0.351. The molecule has 2 aromatic carbocycles. The van der Waals surface area contributed by atoms with Gasteiger partial charge in [-0.25, -0.2) is 0 Å². The minimum Gasteiger partial charge on any atom is -0.326 e. The number of amides is 1. The van der Waals surface area contributed by atoms with E-state index in [0.717, 1.165) is 17.0 Å². The largest absolute Gasteiger partial charge is 0.416 e. The molecule has 22 heavy (non-hydrogen) atoms. The van der Waals surface area contributed by atoms with Gasteiger partial charge in [-0.1, -0.05) is 18.2 Å². The molecule has 0 heterocycles. The highest BCUT2D eigenvalue weighted by atomic mass is 32.2. The van der Waals surface area contributed by atoms with E-state index in [1.807, 2.05) is 18.4 Å². The van der Waals surface area contributed by atoms with Gasteiger partial charge in [0.15, 0.2) is 0 Å². The summed E-state index contributed by atoms with van der Waals surface area (Å²) in [5, 5.41) is 2.67. The van der Waals surface area contributed by atoms with Gasteiger partial charge in [-0.3, -0.25) is 4.79 Å². The van der Waals surface area contributed by atoms with Crippen LogP contribution in [0.25, 0.3) is 0 Å². The van der Waals surface area contributed by atoms with Crippen LogP contribution in [0, 0.1) is 0 Å². The van der Waals surface area contributed by atoms with E-state index in [1.54, 1.807) is 23.9 Å². The fourth-order valence-electron chi connectivity index (χ4n) is 1.92. The van der Waals surface area contributed by atoms with Gasteiger partial charge < -0.3 is 5.32 Å². The third-order valence-electron chi connectivity index (χ3n) is 2.99. The van der Waals surface area contributed by atoms with Crippen LogP contribution in [0.3, 0.4) is 0 Å². The highest BCUT2D eigenvalue weighted by Gasteiger charge is 2.30. The lowest BCUT2D eigenvalue weighted by atomic mass is 10.1. The smallest absolute Gasteiger partial charge is 0.326 e. The third-order valence-corrected chi connectivity index (χ3v) is 3.74. The van der Waals surface area contributed by atoms with E-state index in [-0.39, 0.29) is 12.3 Å². The Morgan fingerprint density at radius 3 is 2.41 bits per heavy atom. The molecule has 116 valence electrons. The number of anilines is 1. The summed E-state index contributed by atoms with van der Waals surface area (Å²) >= 11 is 1.58. The van der Waals surface area contributed by atoms with Crippen LogP contribution in [0.1, 0.15) is 11.1 Å². The van der Waals surface area contributed by atoms with Crippen LogP contribution in [0.4, 0.5) is 18.9 Å². The Morgan fingerprint density at radius 2 is 1.82 bits per heavy atom. The van der Waals surface area contributed by atoms with Crippen LogP contribution in [-0.4, -0.2) is 12.2 Å². The standard InChI is InChI=1S/C16H14F3NOS/c1-22-14-7-5-13(6-8-14)20-15(21)10-11-3-2-4-12(9-11)16(17,18)19/h2-9H,10H2,1H3,(H,20,21). The molecule has 0 atom stereocenters. The quantitative estimate of drug-likeness (QED) is 0.832. The van der Waals surface area contributed by atoms with Gasteiger partial charge in [0.05, 0.1) is 12.0 Å². The molecular formula is C16H14F3NOS. The maximum absolute atomic E-state index is 12.6. The zero-order valence-corrected chi connectivity index (χ0v) is 12.6. The molecule has 2 nitrogen and oxygen atoms in total. The van der Waals surface area contributed by atoms with Crippen LogP contribution in [-0.2, 0) is 17.4 Å². The molecule has 0 aliphatic heterocycles. The number of halogens is 3. The van der Waals surface area contributed by atoms with Gasteiger partial charge in [0.1, 0.15) is 0 Å². The second-order valence-corrected chi connectivity index (χ2v) is 5.53. The number of nitrogens with one attached hydrogen (secondary N) is 1. The molecule has 0 aliphatic carbocycles. The highest BCUT2D eigenvalue weighted by Crippen LogP contribution is 2.29. The normalized spacial score (nSPS) is 11.3. The average Bonchev–Trinajstić information content (AvgIpc) is 2.47. The van der Waals surface area contributed by atoms with Crippen LogP contribution in [0.2, 0.25) is 0 Å². The molecule has 0 aromatic heterocycles. The summed E-state index contributed by atoms with van der Waals surface area (Å²) in [5.41, 5.74) is 0.199. The van der Waals surface area contributed by atoms with Crippen LogP contribution >= 0.6 is 11.8 Å². The minimum atomic E-state index is -4.40. The van der Waals surface area contributed by atoms with Gasteiger partial charge in [-0.05, 0) is 42.2 Å². The molecule has 1 N–H and O–H groups in total. The average molecular weight is 325 g/mol. The SMILES string of the molecule is CSc1ccc(NC(=O)Cc2cccc(C(F)(F)F)c2)cc1. The van der Waals surface area contributed by atoms with Crippen molar-refractivity contribution in [3.63, 3.8) is 0 Å². The van der Waals surface area contributed by atoms with Crippen molar-refractivity contribution in [2.45, 2.75) is 17.5 Å². The summed E-state index contributed by atoms with van der Waals surface area (Å²) in [7, 11) is 0. The molecule has 0 fully saturated rings. The van der Waals surface area contributed by atoms with Crippen molar-refractivity contribution in [3.05, 3.63) is 59.7 Å². The van der Waals surface area contributed by atoms with Crippen molar-refractivity contribution < 1.29 is 18.0 Å². The van der Waals surface area contributed by atoms with Crippen LogP contribution < -0.4 is 5.32 Å². The number of rotatable bonds is 4. The van der Waals surface area contributed by atoms with Crippen molar-refractivity contribution in [2.75, 3.05) is 11.6 Å². The lowest BCUT2D eigenvalue weighted by Gasteiger charge is -2.09. The van der Waals surface area contributed by atoms with Gasteiger partial charge in [0.25, 0.3) is 0 Å². The first-order valence-electron chi connectivity index (χ1n) is 6.48. The molecule has 1 amide bonds. The Kier molecular flexibility index (Phi) is 5.13. The number of hydrogen-bond donors (Lipinski definition) is 1. The third kappa shape index (κ3) is 4.53. The molecule has 0 spiro atoms. The van der Waals surface area contributed by atoms with Gasteiger partial charge in [-0.2, -0.15) is 13.2 Å². The Morgan fingerprint density at radius 1 is 1.14 bits per heavy atom. The van der Waals surface area contributed by atoms with Crippen LogP contribution in [0.5, 0.6) is 0 Å². The highest BCUT2D eigenvalue weighted by molar-refractivity contribution is 7.98. The molecule has 2 rings (SSSR count). The maximum atomic E-state index is 12.6. The Labute approximate surface area is 130 Å². The van der Waals surface area contributed by atoms with Crippen LogP contribution in [0.15, 0.2) is 53.4 Å². The van der Waals surface area contributed by atoms with E-state index >= 15 is 0 Å². The van der Waals surface area contributed by atoms with Crippen molar-refractivity contribution in [1.82, 2.24) is 0 Å². The number of carbonyl (C=O) groups is 1. The van der Waals surface area contributed by atoms with E-state index in [4.69, 9.17) is 0 Å². The fraction of sp³-hybridized carbons (Fsp3) is 0.188. The molecule has 0 aliphatic rings. The van der Waals surface area contributed by atoms with E-state index in [1.165, 1.54) is 12.1 Å².